The van der Waals surface area contributed by atoms with Gasteiger partial charge in [-0.2, -0.15) is 0 Å². The Morgan fingerprint density at radius 2 is 1.73 bits per heavy atom. The molecule has 0 atom stereocenters. The van der Waals surface area contributed by atoms with Gasteiger partial charge in [-0.3, -0.25) is 19.3 Å². The molecular weight excluding hydrogens is 548 g/mol. The van der Waals surface area contributed by atoms with E-state index in [-0.39, 0.29) is 45.9 Å². The summed E-state index contributed by atoms with van der Waals surface area (Å²) in [5.74, 6) is -0.194. The smallest absolute Gasteiger partial charge is 0.293 e. The molecule has 202 valence electrons. The molecule has 0 spiro atoms. The number of carbonyl (C=O) groups excluding carboxylic acids is 3. The first-order valence-electron chi connectivity index (χ1n) is 12.6. The lowest BCUT2D eigenvalue weighted by molar-refractivity contribution is -0.123. The number of rotatable bonds is 9. The summed E-state index contributed by atoms with van der Waals surface area (Å²) in [4.78, 5) is 39.9. The molecule has 4 aromatic rings. The molecule has 0 bridgehead atoms. The highest BCUT2D eigenvalue weighted by Crippen LogP contribution is 2.39. The molecule has 0 radical (unpaired) electrons. The van der Waals surface area contributed by atoms with Crippen molar-refractivity contribution in [3.63, 3.8) is 0 Å². The number of nitrogens with zero attached hydrogens (tertiary/aromatic N) is 1. The van der Waals surface area contributed by atoms with Gasteiger partial charge in [0.1, 0.15) is 0 Å². The molecular formula is C31H25ClN2O5S. The fraction of sp³-hybridized carbons (Fsp3) is 0.129. The zero-order valence-corrected chi connectivity index (χ0v) is 23.1. The van der Waals surface area contributed by atoms with Crippen LogP contribution in [0.15, 0.2) is 89.8 Å². The molecule has 1 saturated heterocycles. The lowest BCUT2D eigenvalue weighted by Crippen LogP contribution is -2.27. The number of ether oxygens (including phenoxy) is 2. The summed E-state index contributed by atoms with van der Waals surface area (Å²) in [6.07, 6.45) is 1.61. The van der Waals surface area contributed by atoms with E-state index in [1.165, 1.54) is 4.90 Å². The quantitative estimate of drug-likeness (QED) is 0.214. The Morgan fingerprint density at radius 3 is 2.52 bits per heavy atom. The van der Waals surface area contributed by atoms with Crippen molar-refractivity contribution in [3.8, 4) is 11.5 Å². The van der Waals surface area contributed by atoms with E-state index < -0.39 is 0 Å². The van der Waals surface area contributed by atoms with Crippen LogP contribution in [0.25, 0.3) is 16.8 Å². The molecule has 0 saturated carbocycles. The third kappa shape index (κ3) is 6.14. The molecule has 0 aliphatic carbocycles. The monoisotopic (exact) mass is 572 g/mol. The summed E-state index contributed by atoms with van der Waals surface area (Å²) in [7, 11) is 0. The molecule has 3 amide bonds. The molecule has 7 nitrogen and oxygen atoms in total. The normalized spacial score (nSPS) is 14.2. The summed E-state index contributed by atoms with van der Waals surface area (Å²) >= 11 is 7.40. The molecule has 1 N–H and O–H groups in total. The number of fused-ring (bicyclic) bond motifs is 1. The summed E-state index contributed by atoms with van der Waals surface area (Å²) < 4.78 is 11.4. The fourth-order valence-corrected chi connectivity index (χ4v) is 5.43. The lowest BCUT2D eigenvalue weighted by atomic mass is 10.0. The summed E-state index contributed by atoms with van der Waals surface area (Å²) in [5.41, 5.74) is 2.10. The van der Waals surface area contributed by atoms with Crippen LogP contribution in [0, 0.1) is 0 Å². The standard InChI is InChI=1S/C31H25ClN2O5S/c1-2-38-26-16-20(15-25(32)29(26)39-19-28(35)33-23-12-4-3-5-13-23)17-27-30(36)34(31(37)40-27)18-22-11-8-10-21-9-6-7-14-24(21)22/h3-17H,2,18-19H2,1H3,(H,33,35)/b27-17-. The van der Waals surface area contributed by atoms with Crippen LogP contribution in [0.5, 0.6) is 11.5 Å². The van der Waals surface area contributed by atoms with Crippen molar-refractivity contribution in [1.29, 1.82) is 0 Å². The van der Waals surface area contributed by atoms with Gasteiger partial charge in [0.05, 0.1) is 23.1 Å². The van der Waals surface area contributed by atoms with Crippen LogP contribution in [0.3, 0.4) is 0 Å². The minimum absolute atomic E-state index is 0.173. The number of benzene rings is 4. The first-order chi connectivity index (χ1) is 19.4. The van der Waals surface area contributed by atoms with E-state index in [0.717, 1.165) is 28.1 Å². The Morgan fingerprint density at radius 1 is 0.975 bits per heavy atom. The van der Waals surface area contributed by atoms with Gasteiger partial charge in [0.2, 0.25) is 0 Å². The van der Waals surface area contributed by atoms with Gasteiger partial charge in [-0.05, 0) is 70.9 Å². The summed E-state index contributed by atoms with van der Waals surface area (Å²) in [5, 5.41) is 4.65. The van der Waals surface area contributed by atoms with Crippen molar-refractivity contribution < 1.29 is 23.9 Å². The molecule has 0 aromatic heterocycles. The molecule has 40 heavy (non-hydrogen) atoms. The first kappa shape index (κ1) is 27.3. The van der Waals surface area contributed by atoms with Crippen LogP contribution in [-0.4, -0.2) is 35.2 Å². The molecule has 0 unspecified atom stereocenters. The molecule has 9 heteroatoms. The van der Waals surface area contributed by atoms with Crippen LogP contribution in [0.1, 0.15) is 18.1 Å². The first-order valence-corrected chi connectivity index (χ1v) is 13.8. The van der Waals surface area contributed by atoms with Crippen LogP contribution in [0.4, 0.5) is 10.5 Å². The predicted octanol–water partition coefficient (Wildman–Crippen LogP) is 7.15. The number of hydrogen-bond donors (Lipinski definition) is 1. The number of anilines is 1. The number of halogens is 1. The van der Waals surface area contributed by atoms with Crippen molar-refractivity contribution in [2.45, 2.75) is 13.5 Å². The van der Waals surface area contributed by atoms with E-state index in [9.17, 15) is 14.4 Å². The Labute approximate surface area is 240 Å². The van der Waals surface area contributed by atoms with E-state index in [1.54, 1.807) is 30.3 Å². The van der Waals surface area contributed by atoms with Gasteiger partial charge in [-0.1, -0.05) is 72.3 Å². The van der Waals surface area contributed by atoms with E-state index in [4.69, 9.17) is 21.1 Å². The molecule has 1 aliphatic rings. The molecule has 1 fully saturated rings. The third-order valence-corrected chi connectivity index (χ3v) is 7.30. The zero-order valence-electron chi connectivity index (χ0n) is 21.6. The highest BCUT2D eigenvalue weighted by molar-refractivity contribution is 8.18. The van der Waals surface area contributed by atoms with Crippen LogP contribution in [-0.2, 0) is 16.1 Å². The number of thioether (sulfide) groups is 1. The highest BCUT2D eigenvalue weighted by Gasteiger charge is 2.35. The average Bonchev–Trinajstić information content (AvgIpc) is 3.20. The van der Waals surface area contributed by atoms with Gasteiger partial charge < -0.3 is 14.8 Å². The third-order valence-electron chi connectivity index (χ3n) is 6.12. The maximum atomic E-state index is 13.2. The topological polar surface area (TPSA) is 84.9 Å². The fourth-order valence-electron chi connectivity index (χ4n) is 4.32. The number of imide groups is 1. The zero-order chi connectivity index (χ0) is 28.1. The molecule has 1 heterocycles. The SMILES string of the molecule is CCOc1cc(/C=C2\SC(=O)N(Cc3cccc4ccccc34)C2=O)cc(Cl)c1OCC(=O)Nc1ccccc1. The maximum Gasteiger partial charge on any atom is 0.293 e. The average molecular weight is 573 g/mol. The molecule has 4 aromatic carbocycles. The number of amides is 3. The largest absolute Gasteiger partial charge is 0.490 e. The maximum absolute atomic E-state index is 13.2. The number of nitrogens with one attached hydrogen (secondary N) is 1. The van der Waals surface area contributed by atoms with Crippen molar-refractivity contribution >= 4 is 63.0 Å². The number of hydrogen-bond acceptors (Lipinski definition) is 6. The van der Waals surface area contributed by atoms with Gasteiger partial charge in [0.25, 0.3) is 17.1 Å². The van der Waals surface area contributed by atoms with E-state index in [2.05, 4.69) is 5.32 Å². The van der Waals surface area contributed by atoms with Gasteiger partial charge >= 0.3 is 0 Å². The van der Waals surface area contributed by atoms with E-state index >= 15 is 0 Å². The van der Waals surface area contributed by atoms with Crippen molar-refractivity contribution in [1.82, 2.24) is 4.90 Å². The van der Waals surface area contributed by atoms with Crippen molar-refractivity contribution in [2.75, 3.05) is 18.5 Å². The van der Waals surface area contributed by atoms with Crippen LogP contribution >= 0.6 is 23.4 Å². The van der Waals surface area contributed by atoms with E-state index in [1.807, 2.05) is 67.6 Å². The number of para-hydroxylation sites is 1. The molecule has 5 rings (SSSR count). The van der Waals surface area contributed by atoms with Crippen molar-refractivity contribution in [3.05, 3.63) is 106 Å². The minimum atomic E-state index is -0.380. The van der Waals surface area contributed by atoms with Crippen LogP contribution in [0.2, 0.25) is 5.02 Å². The Balaban J connectivity index is 1.33. The van der Waals surface area contributed by atoms with Gasteiger partial charge in [-0.25, -0.2) is 0 Å². The Kier molecular flexibility index (Phi) is 8.38. The Bertz CT molecular complexity index is 1620. The van der Waals surface area contributed by atoms with E-state index in [0.29, 0.717) is 23.6 Å². The molecule has 1 aliphatic heterocycles. The lowest BCUT2D eigenvalue weighted by Gasteiger charge is -2.15. The second-order valence-corrected chi connectivity index (χ2v) is 10.3. The highest BCUT2D eigenvalue weighted by atomic mass is 35.5. The van der Waals surface area contributed by atoms with Gasteiger partial charge in [0.15, 0.2) is 18.1 Å². The Hall–Kier alpha value is -4.27. The summed E-state index contributed by atoms with van der Waals surface area (Å²) in [6, 6.07) is 26.0. The predicted molar refractivity (Wildman–Crippen MR) is 159 cm³/mol. The second-order valence-electron chi connectivity index (χ2n) is 8.87. The van der Waals surface area contributed by atoms with Gasteiger partial charge in [0, 0.05) is 5.69 Å². The van der Waals surface area contributed by atoms with Crippen molar-refractivity contribution in [2.24, 2.45) is 0 Å². The van der Waals surface area contributed by atoms with Gasteiger partial charge in [-0.15, -0.1) is 0 Å². The minimum Gasteiger partial charge on any atom is -0.490 e. The second kappa shape index (κ2) is 12.3. The number of carbonyl (C=O) groups is 3. The summed E-state index contributed by atoms with van der Waals surface area (Å²) in [6.45, 7) is 2.03. The van der Waals surface area contributed by atoms with Crippen LogP contribution < -0.4 is 14.8 Å².